The van der Waals surface area contributed by atoms with E-state index in [0.717, 1.165) is 13.5 Å². The Morgan fingerprint density at radius 2 is 1.71 bits per heavy atom. The van der Waals surface area contributed by atoms with Crippen LogP contribution in [0.15, 0.2) is 48.5 Å². The number of nitriles is 1. The zero-order valence-corrected chi connectivity index (χ0v) is 14.9. The minimum Gasteiger partial charge on any atom is -0.504 e. The number of aliphatic carboxylic acids is 1. The van der Waals surface area contributed by atoms with Crippen molar-refractivity contribution in [3.05, 3.63) is 66.3 Å². The van der Waals surface area contributed by atoms with E-state index in [0.29, 0.717) is 5.56 Å². The zero-order valence-electron chi connectivity index (χ0n) is 13.4. The van der Waals surface area contributed by atoms with E-state index >= 15 is 0 Å². The van der Waals surface area contributed by atoms with Gasteiger partial charge < -0.3 is 14.9 Å². The Hall–Kier alpha value is -2.26. The second-order valence-corrected chi connectivity index (χ2v) is 5.17. The molecule has 0 radical (unpaired) electrons. The Balaban J connectivity index is 0.000000522. The second-order valence-electron chi connectivity index (χ2n) is 5.17. The fourth-order valence-electron chi connectivity index (χ4n) is 2.35. The summed E-state index contributed by atoms with van der Waals surface area (Å²) in [5, 5.41) is 16.2. The van der Waals surface area contributed by atoms with Gasteiger partial charge in [-0.15, -0.1) is 0 Å². The third-order valence-electron chi connectivity index (χ3n) is 3.32. The third kappa shape index (κ3) is 5.14. The number of nitrogens with zero attached hydrogens (tertiary/aromatic N) is 3. The van der Waals surface area contributed by atoms with Gasteiger partial charge in [-0.1, -0.05) is 24.3 Å². The summed E-state index contributed by atoms with van der Waals surface area (Å²) in [6, 6.07) is 18.2. The van der Waals surface area contributed by atoms with Gasteiger partial charge in [0.2, 0.25) is 0 Å². The van der Waals surface area contributed by atoms with Crippen LogP contribution in [0.5, 0.6) is 0 Å². The molecule has 0 amide bonds. The van der Waals surface area contributed by atoms with Crippen molar-refractivity contribution in [2.24, 2.45) is 0 Å². The molecule has 2 aromatic rings. The molecule has 0 aromatic heterocycles. The second kappa shape index (κ2) is 9.14. The van der Waals surface area contributed by atoms with Crippen LogP contribution in [0.3, 0.4) is 0 Å². The number of anilines is 2. The molecule has 2 aromatic carbocycles. The summed E-state index contributed by atoms with van der Waals surface area (Å²) in [7, 11) is 2.05. The maximum absolute atomic E-state index is 9.00. The van der Waals surface area contributed by atoms with Crippen molar-refractivity contribution in [2.45, 2.75) is 13.5 Å². The molecule has 0 atom stereocenters. The molecule has 1 N–H and O–H groups in total. The molecule has 0 aliphatic carbocycles. The van der Waals surface area contributed by atoms with Crippen LogP contribution in [0.1, 0.15) is 18.1 Å². The number of carbonyl (C=O) groups is 1. The minimum absolute atomic E-state index is 0. The standard InChI is InChI=1S/C16H14N3.C2H4O2.Ag/c1-18-12-19(16-5-3-2-4-15(16)18)11-14-8-6-13(10-17)7-9-14;1-2(3)4;/h2-9,12H,11H2,1H3;1H3,(H,3,4);/q-1;;+1. The van der Waals surface area contributed by atoms with Gasteiger partial charge in [0.25, 0.3) is 5.97 Å². The molecule has 24 heavy (non-hydrogen) atoms. The topological polar surface area (TPSA) is 67.6 Å². The molecule has 0 saturated heterocycles. The van der Waals surface area contributed by atoms with Crippen LogP contribution in [-0.2, 0) is 33.7 Å². The van der Waals surface area contributed by atoms with Crippen LogP contribution >= 0.6 is 0 Å². The molecule has 0 saturated carbocycles. The van der Waals surface area contributed by atoms with Crippen LogP contribution in [0.25, 0.3) is 0 Å². The van der Waals surface area contributed by atoms with Crippen LogP contribution in [0.2, 0.25) is 0 Å². The molecule has 128 valence electrons. The minimum atomic E-state index is -0.833. The van der Waals surface area contributed by atoms with Crippen molar-refractivity contribution in [3.63, 3.8) is 0 Å². The predicted molar refractivity (Wildman–Crippen MR) is 89.8 cm³/mol. The number of rotatable bonds is 2. The van der Waals surface area contributed by atoms with E-state index < -0.39 is 5.97 Å². The SMILES string of the molecule is CC(=O)O.CN1[CH-]N(Cc2ccc(C#N)cc2)c2ccccc21.[Ag+]. The van der Waals surface area contributed by atoms with Gasteiger partial charge in [-0.3, -0.25) is 4.79 Å². The van der Waals surface area contributed by atoms with Gasteiger partial charge in [-0.25, -0.2) is 0 Å². The van der Waals surface area contributed by atoms with Gasteiger partial charge in [0.1, 0.15) is 0 Å². The Morgan fingerprint density at radius 3 is 2.25 bits per heavy atom. The summed E-state index contributed by atoms with van der Waals surface area (Å²) in [5.41, 5.74) is 4.33. The molecule has 5 nitrogen and oxygen atoms in total. The first kappa shape index (κ1) is 19.8. The maximum atomic E-state index is 9.00. The zero-order chi connectivity index (χ0) is 16.8. The molecule has 0 fully saturated rings. The monoisotopic (exact) mass is 415 g/mol. The number of carboxylic acid groups (broad SMARTS) is 1. The van der Waals surface area contributed by atoms with Crippen molar-refractivity contribution in [1.82, 2.24) is 0 Å². The molecular formula is C18H18AgN3O2. The first-order valence-electron chi connectivity index (χ1n) is 7.13. The van der Waals surface area contributed by atoms with Crippen LogP contribution < -0.4 is 9.80 Å². The van der Waals surface area contributed by atoms with E-state index in [4.69, 9.17) is 15.2 Å². The van der Waals surface area contributed by atoms with E-state index in [2.05, 4.69) is 47.8 Å². The summed E-state index contributed by atoms with van der Waals surface area (Å²) in [6.07, 6.45) is 0. The maximum Gasteiger partial charge on any atom is 1.00 e. The van der Waals surface area contributed by atoms with Gasteiger partial charge in [-0.2, -0.15) is 11.9 Å². The molecular weight excluding hydrogens is 398 g/mol. The molecule has 0 bridgehead atoms. The summed E-state index contributed by atoms with van der Waals surface area (Å²) >= 11 is 0. The van der Waals surface area contributed by atoms with E-state index in [1.807, 2.05) is 30.3 Å². The van der Waals surface area contributed by atoms with Gasteiger partial charge in [0.05, 0.1) is 11.6 Å². The summed E-state index contributed by atoms with van der Waals surface area (Å²) in [4.78, 5) is 13.3. The van der Waals surface area contributed by atoms with Crippen molar-refractivity contribution in [1.29, 1.82) is 5.26 Å². The molecule has 1 aliphatic rings. The average molecular weight is 416 g/mol. The Bertz CT molecular complexity index is 722. The first-order chi connectivity index (χ1) is 11.0. The van der Waals surface area contributed by atoms with E-state index in [1.165, 1.54) is 16.9 Å². The number of para-hydroxylation sites is 2. The van der Waals surface area contributed by atoms with E-state index in [9.17, 15) is 0 Å². The fourth-order valence-corrected chi connectivity index (χ4v) is 2.35. The molecule has 1 heterocycles. The summed E-state index contributed by atoms with van der Waals surface area (Å²) in [5.74, 6) is -0.833. The fraction of sp³-hybridized carbons (Fsp3) is 0.167. The van der Waals surface area contributed by atoms with Crippen LogP contribution in [0.4, 0.5) is 11.4 Å². The van der Waals surface area contributed by atoms with Crippen LogP contribution in [0, 0.1) is 18.0 Å². The number of carboxylic acids is 1. The van der Waals surface area contributed by atoms with Gasteiger partial charge in [0, 0.05) is 24.8 Å². The average Bonchev–Trinajstić information content (AvgIpc) is 2.84. The molecule has 6 heteroatoms. The van der Waals surface area contributed by atoms with Crippen molar-refractivity contribution in [2.75, 3.05) is 16.8 Å². The largest absolute Gasteiger partial charge is 1.00 e. The molecule has 0 spiro atoms. The number of benzene rings is 2. The van der Waals surface area contributed by atoms with Crippen LogP contribution in [-0.4, -0.2) is 18.1 Å². The number of hydrogen-bond donors (Lipinski definition) is 1. The molecule has 1 aliphatic heterocycles. The molecule has 0 unspecified atom stereocenters. The Morgan fingerprint density at radius 1 is 1.17 bits per heavy atom. The molecule has 3 rings (SSSR count). The van der Waals surface area contributed by atoms with E-state index in [-0.39, 0.29) is 22.4 Å². The normalized spacial score (nSPS) is 11.5. The third-order valence-corrected chi connectivity index (χ3v) is 3.32. The quantitative estimate of drug-likeness (QED) is 0.602. The van der Waals surface area contributed by atoms with E-state index in [1.54, 1.807) is 0 Å². The van der Waals surface area contributed by atoms with Crippen molar-refractivity contribution >= 4 is 17.3 Å². The van der Waals surface area contributed by atoms with Crippen molar-refractivity contribution in [3.8, 4) is 6.07 Å². The van der Waals surface area contributed by atoms with Crippen molar-refractivity contribution < 1.29 is 32.3 Å². The summed E-state index contributed by atoms with van der Waals surface area (Å²) < 4.78 is 0. The summed E-state index contributed by atoms with van der Waals surface area (Å²) in [6.45, 7) is 4.00. The Labute approximate surface area is 157 Å². The predicted octanol–water partition coefficient (Wildman–Crippen LogP) is 3.22. The first-order valence-corrected chi connectivity index (χ1v) is 7.13. The number of hydrogen-bond acceptors (Lipinski definition) is 4. The smallest absolute Gasteiger partial charge is 0.504 e. The van der Waals surface area contributed by atoms with Gasteiger partial charge in [-0.05, 0) is 36.9 Å². The van der Waals surface area contributed by atoms with Gasteiger partial charge in [0.15, 0.2) is 0 Å². The van der Waals surface area contributed by atoms with Gasteiger partial charge >= 0.3 is 22.4 Å². The number of fused-ring (bicyclic) bond motifs is 1. The Kier molecular flexibility index (Phi) is 7.53.